The van der Waals surface area contributed by atoms with Crippen molar-refractivity contribution in [3.05, 3.63) is 41.3 Å². The van der Waals surface area contributed by atoms with E-state index in [1.165, 1.54) is 12.8 Å². The zero-order chi connectivity index (χ0) is 14.9. The van der Waals surface area contributed by atoms with Crippen LogP contribution in [0.1, 0.15) is 29.6 Å². The molecule has 3 heterocycles. The Morgan fingerprint density at radius 2 is 2.18 bits per heavy atom. The molecule has 1 amide bonds. The number of nitrogens with zero attached hydrogens (tertiary/aromatic N) is 1. The second kappa shape index (κ2) is 6.28. The number of fused-ring (bicyclic) bond motifs is 2. The number of hydrogen-bond donors (Lipinski definition) is 2. The van der Waals surface area contributed by atoms with Crippen LogP contribution in [0.25, 0.3) is 0 Å². The first-order chi connectivity index (χ1) is 10.8. The third-order valence-corrected chi connectivity index (χ3v) is 6.49. The summed E-state index contributed by atoms with van der Waals surface area (Å²) in [7, 11) is 0. The van der Waals surface area contributed by atoms with Crippen LogP contribution in [-0.2, 0) is 0 Å². The number of carbonyl (C=O) groups excluding carboxylic acids is 1. The molecule has 2 bridgehead atoms. The Labute approximate surface area is 139 Å². The first kappa shape index (κ1) is 14.6. The van der Waals surface area contributed by atoms with E-state index >= 15 is 0 Å². The predicted octanol–water partition coefficient (Wildman–Crippen LogP) is 2.79. The lowest BCUT2D eigenvalue weighted by molar-refractivity contribution is 0.0931. The monoisotopic (exact) mass is 333 g/mol. The number of rotatable bonds is 4. The van der Waals surface area contributed by atoms with E-state index in [9.17, 15) is 4.79 Å². The van der Waals surface area contributed by atoms with Gasteiger partial charge in [-0.25, -0.2) is 0 Å². The molecule has 2 fully saturated rings. The van der Waals surface area contributed by atoms with Gasteiger partial charge < -0.3 is 10.6 Å². The Bertz CT molecular complexity index is 582. The Balaban J connectivity index is 1.34. The molecule has 0 spiro atoms. The topological polar surface area (TPSA) is 44.4 Å². The summed E-state index contributed by atoms with van der Waals surface area (Å²) in [5.41, 5.74) is 0.749. The van der Waals surface area contributed by atoms with Gasteiger partial charge in [0.05, 0.1) is 0 Å². The largest absolute Gasteiger partial charge is 0.348 e. The molecule has 6 heteroatoms. The van der Waals surface area contributed by atoms with E-state index in [0.717, 1.165) is 23.4 Å². The highest BCUT2D eigenvalue weighted by Gasteiger charge is 2.39. The summed E-state index contributed by atoms with van der Waals surface area (Å²) < 4.78 is 2.20. The van der Waals surface area contributed by atoms with Crippen molar-refractivity contribution in [2.75, 3.05) is 6.54 Å². The lowest BCUT2D eigenvalue weighted by Crippen LogP contribution is -2.42. The third kappa shape index (κ3) is 3.06. The van der Waals surface area contributed by atoms with Gasteiger partial charge in [-0.1, -0.05) is 6.08 Å². The fourth-order valence-corrected chi connectivity index (χ4v) is 5.07. The molecule has 1 aromatic rings. The number of benzene rings is 1. The molecular formula is C16H19N3OS2. The molecule has 116 valence electrons. The van der Waals surface area contributed by atoms with E-state index in [0.29, 0.717) is 18.1 Å². The molecule has 0 unspecified atom stereocenters. The van der Waals surface area contributed by atoms with Crippen LogP contribution in [-0.4, -0.2) is 34.3 Å². The summed E-state index contributed by atoms with van der Waals surface area (Å²) in [4.78, 5) is 13.5. The standard InChI is InChI=1S/C16H19N3OS2/c20-16(18-15-10-12-4-7-14(15)17-12)11-2-5-13(6-3-11)22-19-8-1-9-21-19/h1-3,5-6,9,12,14-15,17H,4,7-8,10H2,(H,18,20)/t12-,14+,15-/m1/s1. The maximum atomic E-state index is 12.4. The minimum absolute atomic E-state index is 0.0492. The van der Waals surface area contributed by atoms with Gasteiger partial charge in [0, 0.05) is 35.1 Å². The summed E-state index contributed by atoms with van der Waals surface area (Å²) in [5, 5.41) is 8.83. The van der Waals surface area contributed by atoms with Gasteiger partial charge in [0.25, 0.3) is 5.91 Å². The molecule has 3 atom stereocenters. The summed E-state index contributed by atoms with van der Waals surface area (Å²) in [5.74, 6) is 0.0492. The van der Waals surface area contributed by atoms with Crippen LogP contribution in [0.15, 0.2) is 40.6 Å². The molecule has 0 aliphatic carbocycles. The van der Waals surface area contributed by atoms with Gasteiger partial charge in [-0.15, -0.1) is 0 Å². The highest BCUT2D eigenvalue weighted by molar-refractivity contribution is 8.13. The van der Waals surface area contributed by atoms with Crippen molar-refractivity contribution in [2.45, 2.75) is 42.3 Å². The summed E-state index contributed by atoms with van der Waals surface area (Å²) in [6.45, 7) is 0.953. The fraction of sp³-hybridized carbons (Fsp3) is 0.438. The van der Waals surface area contributed by atoms with Gasteiger partial charge >= 0.3 is 0 Å². The number of hydrogen-bond acceptors (Lipinski definition) is 5. The molecule has 2 saturated heterocycles. The van der Waals surface area contributed by atoms with Crippen molar-refractivity contribution >= 4 is 29.8 Å². The van der Waals surface area contributed by atoms with E-state index in [1.54, 1.807) is 23.9 Å². The molecule has 3 aliphatic rings. The number of nitrogens with one attached hydrogen (secondary N) is 2. The zero-order valence-electron chi connectivity index (χ0n) is 12.2. The lowest BCUT2D eigenvalue weighted by atomic mass is 9.95. The van der Waals surface area contributed by atoms with E-state index in [2.05, 4.69) is 25.8 Å². The zero-order valence-corrected chi connectivity index (χ0v) is 13.8. The van der Waals surface area contributed by atoms with Crippen LogP contribution in [0.4, 0.5) is 0 Å². The van der Waals surface area contributed by atoms with E-state index in [-0.39, 0.29) is 5.91 Å². The maximum absolute atomic E-state index is 12.4. The minimum atomic E-state index is 0.0492. The second-order valence-corrected chi connectivity index (χ2v) is 8.22. The predicted molar refractivity (Wildman–Crippen MR) is 91.6 cm³/mol. The molecule has 1 aromatic carbocycles. The van der Waals surface area contributed by atoms with Gasteiger partial charge in [0.2, 0.25) is 0 Å². The van der Waals surface area contributed by atoms with Gasteiger partial charge in [-0.05, 0) is 72.8 Å². The molecular weight excluding hydrogens is 314 g/mol. The Hall–Kier alpha value is -0.950. The van der Waals surface area contributed by atoms with Crippen molar-refractivity contribution in [2.24, 2.45) is 0 Å². The van der Waals surface area contributed by atoms with Gasteiger partial charge in [0.1, 0.15) is 0 Å². The molecule has 22 heavy (non-hydrogen) atoms. The van der Waals surface area contributed by atoms with Gasteiger partial charge in [-0.3, -0.25) is 4.79 Å². The lowest BCUT2D eigenvalue weighted by Gasteiger charge is -2.21. The van der Waals surface area contributed by atoms with Crippen molar-refractivity contribution in [1.82, 2.24) is 14.3 Å². The smallest absolute Gasteiger partial charge is 0.251 e. The molecule has 0 saturated carbocycles. The average Bonchev–Trinajstić information content (AvgIpc) is 3.25. The van der Waals surface area contributed by atoms with E-state index in [1.807, 2.05) is 24.3 Å². The molecule has 2 N–H and O–H groups in total. The Morgan fingerprint density at radius 1 is 1.32 bits per heavy atom. The van der Waals surface area contributed by atoms with Crippen LogP contribution in [0.3, 0.4) is 0 Å². The average molecular weight is 333 g/mol. The molecule has 0 aromatic heterocycles. The Morgan fingerprint density at radius 3 is 2.82 bits per heavy atom. The van der Waals surface area contributed by atoms with Crippen molar-refractivity contribution < 1.29 is 4.79 Å². The number of amides is 1. The van der Waals surface area contributed by atoms with Crippen molar-refractivity contribution in [3.8, 4) is 0 Å². The molecule has 4 rings (SSSR count). The molecule has 0 radical (unpaired) electrons. The summed E-state index contributed by atoms with van der Waals surface area (Å²) in [6, 6.07) is 9.28. The van der Waals surface area contributed by atoms with Gasteiger partial charge in [0.15, 0.2) is 0 Å². The normalized spacial score (nSPS) is 30.1. The quantitative estimate of drug-likeness (QED) is 0.830. The number of carbonyl (C=O) groups is 1. The molecule has 4 nitrogen and oxygen atoms in total. The van der Waals surface area contributed by atoms with Gasteiger partial charge in [-0.2, -0.15) is 3.71 Å². The van der Waals surface area contributed by atoms with Crippen LogP contribution < -0.4 is 10.6 Å². The maximum Gasteiger partial charge on any atom is 0.251 e. The highest BCUT2D eigenvalue weighted by atomic mass is 32.2. The first-order valence-electron chi connectivity index (χ1n) is 7.72. The van der Waals surface area contributed by atoms with Crippen molar-refractivity contribution in [3.63, 3.8) is 0 Å². The van der Waals surface area contributed by atoms with E-state index in [4.69, 9.17) is 0 Å². The van der Waals surface area contributed by atoms with Crippen LogP contribution in [0, 0.1) is 0 Å². The summed E-state index contributed by atoms with van der Waals surface area (Å²) in [6.07, 6.45) is 5.66. The SMILES string of the molecule is O=C(N[C@@H]1C[C@H]2CC[C@@H]1N2)c1ccc(SN2CC=CS2)cc1. The van der Waals surface area contributed by atoms with Crippen LogP contribution >= 0.6 is 23.9 Å². The summed E-state index contributed by atoms with van der Waals surface area (Å²) >= 11 is 3.41. The third-order valence-electron chi connectivity index (χ3n) is 4.47. The fourth-order valence-electron chi connectivity index (χ4n) is 3.36. The van der Waals surface area contributed by atoms with Crippen LogP contribution in [0.5, 0.6) is 0 Å². The Kier molecular flexibility index (Phi) is 4.17. The second-order valence-electron chi connectivity index (χ2n) is 5.97. The first-order valence-corrected chi connectivity index (χ1v) is 9.33. The minimum Gasteiger partial charge on any atom is -0.348 e. The van der Waals surface area contributed by atoms with E-state index < -0.39 is 0 Å². The van der Waals surface area contributed by atoms with Crippen LogP contribution in [0.2, 0.25) is 0 Å². The molecule has 3 aliphatic heterocycles. The highest BCUT2D eigenvalue weighted by Crippen LogP contribution is 2.33. The van der Waals surface area contributed by atoms with Crippen molar-refractivity contribution in [1.29, 1.82) is 0 Å².